The molecule has 2 aromatic heterocycles. The Bertz CT molecular complexity index is 1030. The average Bonchev–Trinajstić information content (AvgIpc) is 3.49. The molecule has 0 aliphatic heterocycles. The highest BCUT2D eigenvalue weighted by Crippen LogP contribution is 2.34. The van der Waals surface area contributed by atoms with E-state index in [0.29, 0.717) is 0 Å². The van der Waals surface area contributed by atoms with Crippen LogP contribution >= 0.6 is 54.5 Å². The van der Waals surface area contributed by atoms with Crippen molar-refractivity contribution >= 4 is 78.8 Å². The second-order valence-corrected chi connectivity index (χ2v) is 13.7. The summed E-state index contributed by atoms with van der Waals surface area (Å²) in [6.45, 7) is 5.92. The number of benzene rings is 1. The van der Waals surface area contributed by atoms with E-state index in [1.165, 1.54) is 48.3 Å². The highest BCUT2D eigenvalue weighted by molar-refractivity contribution is 9.11. The largest absolute Gasteiger partial charge is 0.493 e. The first-order valence-electron chi connectivity index (χ1n) is 12.9. The van der Waals surface area contributed by atoms with E-state index in [1.807, 2.05) is 0 Å². The molecule has 2 heterocycles. The molecule has 0 saturated carbocycles. The summed E-state index contributed by atoms with van der Waals surface area (Å²) in [4.78, 5) is 2.40. The third-order valence-electron chi connectivity index (χ3n) is 5.70. The van der Waals surface area contributed by atoms with Crippen molar-refractivity contribution in [3.05, 3.63) is 64.9 Å². The molecular formula is C30H36Br2O2S2. The van der Waals surface area contributed by atoms with Gasteiger partial charge in [-0.3, -0.25) is 0 Å². The zero-order valence-corrected chi connectivity index (χ0v) is 26.0. The molecule has 36 heavy (non-hydrogen) atoms. The minimum absolute atomic E-state index is 0.726. The molecule has 0 atom stereocenters. The van der Waals surface area contributed by atoms with Crippen LogP contribution in [0.3, 0.4) is 0 Å². The van der Waals surface area contributed by atoms with Gasteiger partial charge in [-0.15, -0.1) is 22.7 Å². The Labute approximate surface area is 241 Å². The van der Waals surface area contributed by atoms with Crippen LogP contribution in [0.15, 0.2) is 44.0 Å². The lowest BCUT2D eigenvalue weighted by molar-refractivity contribution is 0.296. The van der Waals surface area contributed by atoms with Crippen molar-refractivity contribution in [1.29, 1.82) is 0 Å². The SMILES string of the molecule is CCCCCCOc1cc(/C=C/c2ccc(Br)s2)c(OCCCCCC)cc1/C=C/c1ccc(Br)s1. The highest BCUT2D eigenvalue weighted by Gasteiger charge is 2.11. The topological polar surface area (TPSA) is 18.5 Å². The Morgan fingerprint density at radius 2 is 1.06 bits per heavy atom. The van der Waals surface area contributed by atoms with Crippen LogP contribution in [0.4, 0.5) is 0 Å². The number of hydrogen-bond donors (Lipinski definition) is 0. The lowest BCUT2D eigenvalue weighted by Crippen LogP contribution is -2.03. The molecule has 0 amide bonds. The molecule has 0 aliphatic carbocycles. The molecule has 2 nitrogen and oxygen atoms in total. The Kier molecular flexibility index (Phi) is 13.4. The van der Waals surface area contributed by atoms with Crippen LogP contribution in [0.2, 0.25) is 0 Å². The number of unbranched alkanes of at least 4 members (excludes halogenated alkanes) is 6. The van der Waals surface area contributed by atoms with E-state index < -0.39 is 0 Å². The van der Waals surface area contributed by atoms with Gasteiger partial charge in [0.2, 0.25) is 0 Å². The number of rotatable bonds is 16. The van der Waals surface area contributed by atoms with Crippen molar-refractivity contribution in [1.82, 2.24) is 0 Å². The van der Waals surface area contributed by atoms with Gasteiger partial charge < -0.3 is 9.47 Å². The van der Waals surface area contributed by atoms with Crippen molar-refractivity contribution < 1.29 is 9.47 Å². The van der Waals surface area contributed by atoms with E-state index in [9.17, 15) is 0 Å². The first-order chi connectivity index (χ1) is 17.6. The molecule has 0 bridgehead atoms. The molecule has 0 unspecified atom stereocenters. The molecular weight excluding hydrogens is 616 g/mol. The predicted octanol–water partition coefficient (Wildman–Crippen LogP) is 11.6. The van der Waals surface area contributed by atoms with Gasteiger partial charge >= 0.3 is 0 Å². The summed E-state index contributed by atoms with van der Waals surface area (Å²) in [7, 11) is 0. The van der Waals surface area contributed by atoms with Crippen LogP contribution in [-0.2, 0) is 0 Å². The summed E-state index contributed by atoms with van der Waals surface area (Å²) in [6.07, 6.45) is 18.1. The standard InChI is InChI=1S/C30H36Br2O2S2/c1-3-5-7-9-19-33-27-21-24(12-14-26-16-18-30(32)36-26)28(34-20-10-8-6-4-2)22-23(27)11-13-25-15-17-29(31)35-25/h11-18,21-22H,3-10,19-20H2,1-2H3/b13-11+,14-12+. The summed E-state index contributed by atoms with van der Waals surface area (Å²) in [5, 5.41) is 0. The monoisotopic (exact) mass is 650 g/mol. The summed E-state index contributed by atoms with van der Waals surface area (Å²) in [5.41, 5.74) is 2.10. The summed E-state index contributed by atoms with van der Waals surface area (Å²) < 4.78 is 14.9. The second kappa shape index (κ2) is 16.5. The fraction of sp³-hybridized carbons (Fsp3) is 0.400. The average molecular weight is 653 g/mol. The highest BCUT2D eigenvalue weighted by atomic mass is 79.9. The first kappa shape index (κ1) is 29.2. The van der Waals surface area contributed by atoms with Crippen molar-refractivity contribution in [3.63, 3.8) is 0 Å². The molecule has 194 valence electrons. The zero-order chi connectivity index (χ0) is 25.6. The van der Waals surface area contributed by atoms with Gasteiger partial charge in [0.1, 0.15) is 11.5 Å². The van der Waals surface area contributed by atoms with Crippen LogP contribution in [0.25, 0.3) is 24.3 Å². The molecule has 3 rings (SSSR count). The number of ether oxygens (including phenoxy) is 2. The molecule has 0 radical (unpaired) electrons. The van der Waals surface area contributed by atoms with Gasteiger partial charge in [0, 0.05) is 20.9 Å². The molecule has 0 spiro atoms. The van der Waals surface area contributed by atoms with Gasteiger partial charge in [0.05, 0.1) is 20.8 Å². The van der Waals surface area contributed by atoms with Crippen molar-refractivity contribution in [2.45, 2.75) is 65.2 Å². The quantitative estimate of drug-likeness (QED) is 0.143. The van der Waals surface area contributed by atoms with Gasteiger partial charge in [-0.2, -0.15) is 0 Å². The molecule has 6 heteroatoms. The van der Waals surface area contributed by atoms with Crippen LogP contribution < -0.4 is 9.47 Å². The molecule has 3 aromatic rings. The number of halogens is 2. The summed E-state index contributed by atoms with van der Waals surface area (Å²) >= 11 is 10.6. The maximum atomic E-state index is 6.34. The second-order valence-electron chi connectivity index (χ2n) is 8.70. The van der Waals surface area contributed by atoms with Gasteiger partial charge in [0.15, 0.2) is 0 Å². The van der Waals surface area contributed by atoms with Crippen molar-refractivity contribution in [2.75, 3.05) is 13.2 Å². The van der Waals surface area contributed by atoms with Crippen LogP contribution in [0, 0.1) is 0 Å². The maximum Gasteiger partial charge on any atom is 0.127 e. The Balaban J connectivity index is 1.89. The van der Waals surface area contributed by atoms with Gasteiger partial charge in [0.25, 0.3) is 0 Å². The fourth-order valence-electron chi connectivity index (χ4n) is 3.70. The van der Waals surface area contributed by atoms with Gasteiger partial charge in [-0.25, -0.2) is 0 Å². The van der Waals surface area contributed by atoms with E-state index >= 15 is 0 Å². The summed E-state index contributed by atoms with van der Waals surface area (Å²) in [5.74, 6) is 1.81. The molecule has 0 fully saturated rings. The normalized spacial score (nSPS) is 11.7. The van der Waals surface area contributed by atoms with E-state index in [-0.39, 0.29) is 0 Å². The third-order valence-corrected chi connectivity index (χ3v) is 8.87. The Morgan fingerprint density at radius 1 is 0.611 bits per heavy atom. The summed E-state index contributed by atoms with van der Waals surface area (Å²) in [6, 6.07) is 12.7. The van der Waals surface area contributed by atoms with Crippen LogP contribution in [-0.4, -0.2) is 13.2 Å². The minimum atomic E-state index is 0.726. The lowest BCUT2D eigenvalue weighted by atomic mass is 10.1. The molecule has 1 aromatic carbocycles. The van der Waals surface area contributed by atoms with Crippen LogP contribution in [0.5, 0.6) is 11.5 Å². The Morgan fingerprint density at radius 3 is 1.42 bits per heavy atom. The maximum absolute atomic E-state index is 6.34. The van der Waals surface area contributed by atoms with Gasteiger partial charge in [-0.05, 0) is 105 Å². The van der Waals surface area contributed by atoms with E-state index in [2.05, 4.69) is 106 Å². The first-order valence-corrected chi connectivity index (χ1v) is 16.1. The van der Waals surface area contributed by atoms with E-state index in [0.717, 1.165) is 56.3 Å². The van der Waals surface area contributed by atoms with E-state index in [1.54, 1.807) is 22.7 Å². The zero-order valence-electron chi connectivity index (χ0n) is 21.2. The van der Waals surface area contributed by atoms with Gasteiger partial charge in [-0.1, -0.05) is 52.4 Å². The third kappa shape index (κ3) is 10.2. The molecule has 0 aliphatic rings. The van der Waals surface area contributed by atoms with E-state index in [4.69, 9.17) is 9.47 Å². The molecule has 0 saturated heterocycles. The van der Waals surface area contributed by atoms with Crippen molar-refractivity contribution in [2.24, 2.45) is 0 Å². The fourth-order valence-corrected chi connectivity index (χ4v) is 6.36. The predicted molar refractivity (Wildman–Crippen MR) is 168 cm³/mol. The molecule has 0 N–H and O–H groups in total. The number of thiophene rings is 2. The lowest BCUT2D eigenvalue weighted by Gasteiger charge is -2.15. The number of hydrogen-bond acceptors (Lipinski definition) is 4. The smallest absolute Gasteiger partial charge is 0.127 e. The van der Waals surface area contributed by atoms with Crippen molar-refractivity contribution in [3.8, 4) is 11.5 Å². The minimum Gasteiger partial charge on any atom is -0.493 e. The van der Waals surface area contributed by atoms with Crippen LogP contribution in [0.1, 0.15) is 86.1 Å². The Hall–Kier alpha value is -1.34.